The minimum Gasteiger partial charge on any atom is -0.345 e. The molecule has 2 aromatic carbocycles. The van der Waals surface area contributed by atoms with Crippen LogP contribution in [0.15, 0.2) is 54.6 Å². The van der Waals surface area contributed by atoms with Crippen molar-refractivity contribution in [1.82, 2.24) is 5.32 Å². The third kappa shape index (κ3) is 3.64. The van der Waals surface area contributed by atoms with Gasteiger partial charge in [0.05, 0.1) is 6.04 Å². The third-order valence-corrected chi connectivity index (χ3v) is 5.30. The molecule has 1 saturated heterocycles. The summed E-state index contributed by atoms with van der Waals surface area (Å²) in [5.74, 6) is 0.653. The molecule has 0 aromatic heterocycles. The minimum atomic E-state index is -0.0535. The van der Waals surface area contributed by atoms with Crippen LogP contribution in [0.1, 0.15) is 54.1 Å². The zero-order chi connectivity index (χ0) is 17.9. The fourth-order valence-electron chi connectivity index (χ4n) is 3.66. The van der Waals surface area contributed by atoms with Crippen molar-refractivity contribution in [3.63, 3.8) is 0 Å². The van der Waals surface area contributed by atoms with Gasteiger partial charge in [-0.2, -0.15) is 0 Å². The van der Waals surface area contributed by atoms with Crippen LogP contribution >= 0.6 is 0 Å². The van der Waals surface area contributed by atoms with Gasteiger partial charge in [0.2, 0.25) is 5.91 Å². The first-order valence-corrected chi connectivity index (χ1v) is 9.48. The molecule has 26 heavy (non-hydrogen) atoms. The molecule has 1 heterocycles. The maximum absolute atomic E-state index is 12.7. The van der Waals surface area contributed by atoms with E-state index in [2.05, 4.69) is 17.4 Å². The standard InChI is InChI=1S/C22H24N2O2/c25-20-8-4-5-15-24(20)19-13-11-18(12-14-19)22(26)23-21(17-9-10-17)16-6-2-1-3-7-16/h1-3,6-7,11-14,17,21H,4-5,8-10,15H2,(H,23,26). The molecule has 0 bridgehead atoms. The lowest BCUT2D eigenvalue weighted by Gasteiger charge is -2.27. The van der Waals surface area contributed by atoms with Crippen molar-refractivity contribution in [2.45, 2.75) is 38.1 Å². The van der Waals surface area contributed by atoms with Gasteiger partial charge in [-0.05, 0) is 61.4 Å². The normalized spacial score (nSPS) is 18.5. The van der Waals surface area contributed by atoms with E-state index < -0.39 is 0 Å². The largest absolute Gasteiger partial charge is 0.345 e. The monoisotopic (exact) mass is 348 g/mol. The first-order chi connectivity index (χ1) is 12.7. The fourth-order valence-corrected chi connectivity index (χ4v) is 3.66. The van der Waals surface area contributed by atoms with Crippen molar-refractivity contribution in [3.05, 3.63) is 65.7 Å². The van der Waals surface area contributed by atoms with E-state index in [4.69, 9.17) is 0 Å². The molecule has 1 saturated carbocycles. The Labute approximate surface area is 154 Å². The van der Waals surface area contributed by atoms with E-state index in [1.54, 1.807) is 0 Å². The topological polar surface area (TPSA) is 49.4 Å². The summed E-state index contributed by atoms with van der Waals surface area (Å²) in [5, 5.41) is 3.20. The Balaban J connectivity index is 1.46. The van der Waals surface area contributed by atoms with Crippen LogP contribution in [0.25, 0.3) is 0 Å². The predicted molar refractivity (Wildman–Crippen MR) is 102 cm³/mol. The highest BCUT2D eigenvalue weighted by Crippen LogP contribution is 2.41. The van der Waals surface area contributed by atoms with Crippen LogP contribution in [0.4, 0.5) is 5.69 Å². The summed E-state index contributed by atoms with van der Waals surface area (Å²) in [6.07, 6.45) is 4.94. The number of hydrogen-bond donors (Lipinski definition) is 1. The van der Waals surface area contributed by atoms with Crippen molar-refractivity contribution >= 4 is 17.5 Å². The van der Waals surface area contributed by atoms with Gasteiger partial charge in [-0.1, -0.05) is 30.3 Å². The SMILES string of the molecule is O=C(NC(c1ccccc1)C1CC1)c1ccc(N2CCCCC2=O)cc1. The zero-order valence-electron chi connectivity index (χ0n) is 14.9. The van der Waals surface area contributed by atoms with Crippen molar-refractivity contribution in [3.8, 4) is 0 Å². The van der Waals surface area contributed by atoms with Crippen LogP contribution in [0.2, 0.25) is 0 Å². The van der Waals surface area contributed by atoms with Gasteiger partial charge in [-0.15, -0.1) is 0 Å². The van der Waals surface area contributed by atoms with Gasteiger partial charge < -0.3 is 10.2 Å². The Morgan fingerprint density at radius 3 is 2.38 bits per heavy atom. The average Bonchev–Trinajstić information content (AvgIpc) is 3.52. The van der Waals surface area contributed by atoms with Gasteiger partial charge in [-0.3, -0.25) is 9.59 Å². The summed E-state index contributed by atoms with van der Waals surface area (Å²) >= 11 is 0. The smallest absolute Gasteiger partial charge is 0.251 e. The van der Waals surface area contributed by atoms with Crippen LogP contribution in [-0.4, -0.2) is 18.4 Å². The van der Waals surface area contributed by atoms with Crippen LogP contribution in [0.5, 0.6) is 0 Å². The molecule has 0 radical (unpaired) electrons. The van der Waals surface area contributed by atoms with Gasteiger partial charge in [-0.25, -0.2) is 0 Å². The Morgan fingerprint density at radius 2 is 1.73 bits per heavy atom. The summed E-state index contributed by atoms with van der Waals surface area (Å²) in [6, 6.07) is 17.7. The van der Waals surface area contributed by atoms with Crippen LogP contribution in [0.3, 0.4) is 0 Å². The fraction of sp³-hybridized carbons (Fsp3) is 0.364. The van der Waals surface area contributed by atoms with E-state index in [-0.39, 0.29) is 17.9 Å². The molecule has 1 aliphatic carbocycles. The molecule has 1 atom stereocenters. The lowest BCUT2D eigenvalue weighted by molar-refractivity contribution is -0.119. The summed E-state index contributed by atoms with van der Waals surface area (Å²) in [7, 11) is 0. The second-order valence-corrected chi connectivity index (χ2v) is 7.25. The highest BCUT2D eigenvalue weighted by molar-refractivity contribution is 5.97. The average molecular weight is 348 g/mol. The Bertz CT molecular complexity index is 782. The van der Waals surface area contributed by atoms with Gasteiger partial charge >= 0.3 is 0 Å². The number of nitrogens with zero attached hydrogens (tertiary/aromatic N) is 1. The van der Waals surface area contributed by atoms with E-state index in [1.165, 1.54) is 5.56 Å². The van der Waals surface area contributed by atoms with Crippen LogP contribution < -0.4 is 10.2 Å². The first-order valence-electron chi connectivity index (χ1n) is 9.48. The molecule has 134 valence electrons. The van der Waals surface area contributed by atoms with Crippen LogP contribution in [-0.2, 0) is 4.79 Å². The predicted octanol–water partition coefficient (Wildman–Crippen LogP) is 4.08. The van der Waals surface area contributed by atoms with Crippen molar-refractivity contribution in [1.29, 1.82) is 0 Å². The second-order valence-electron chi connectivity index (χ2n) is 7.25. The molecule has 1 aliphatic heterocycles. The number of rotatable bonds is 5. The quantitative estimate of drug-likeness (QED) is 0.885. The zero-order valence-corrected chi connectivity index (χ0v) is 14.9. The number of carbonyl (C=O) groups is 2. The van der Waals surface area contributed by atoms with Gasteiger partial charge in [0.1, 0.15) is 0 Å². The van der Waals surface area contributed by atoms with Gasteiger partial charge in [0.15, 0.2) is 0 Å². The van der Waals surface area contributed by atoms with Crippen molar-refractivity contribution in [2.24, 2.45) is 5.92 Å². The molecule has 2 fully saturated rings. The van der Waals surface area contributed by atoms with Crippen molar-refractivity contribution in [2.75, 3.05) is 11.4 Å². The molecular formula is C22H24N2O2. The number of amides is 2. The lowest BCUT2D eigenvalue weighted by Crippen LogP contribution is -2.35. The summed E-state index contributed by atoms with van der Waals surface area (Å²) in [6.45, 7) is 0.766. The number of carbonyl (C=O) groups excluding carboxylic acids is 2. The molecule has 4 rings (SSSR count). The molecule has 2 aromatic rings. The Hall–Kier alpha value is -2.62. The maximum atomic E-state index is 12.7. The minimum absolute atomic E-state index is 0.0535. The molecule has 2 aliphatic rings. The number of piperidine rings is 1. The molecular weight excluding hydrogens is 324 g/mol. The van der Waals surface area contributed by atoms with E-state index in [0.29, 0.717) is 17.9 Å². The number of anilines is 1. The van der Waals surface area contributed by atoms with E-state index >= 15 is 0 Å². The highest BCUT2D eigenvalue weighted by atomic mass is 16.2. The summed E-state index contributed by atoms with van der Waals surface area (Å²) < 4.78 is 0. The summed E-state index contributed by atoms with van der Waals surface area (Å²) in [5.41, 5.74) is 2.69. The second kappa shape index (κ2) is 7.32. The lowest BCUT2D eigenvalue weighted by atomic mass is 10.0. The van der Waals surface area contributed by atoms with Gasteiger partial charge in [0.25, 0.3) is 5.91 Å². The Kier molecular flexibility index (Phi) is 4.74. The number of nitrogens with one attached hydrogen (secondary N) is 1. The van der Waals surface area contributed by atoms with E-state index in [9.17, 15) is 9.59 Å². The summed E-state index contributed by atoms with van der Waals surface area (Å²) in [4.78, 5) is 26.6. The molecule has 0 spiro atoms. The third-order valence-electron chi connectivity index (χ3n) is 5.30. The molecule has 1 N–H and O–H groups in total. The molecule has 4 nitrogen and oxygen atoms in total. The molecule has 4 heteroatoms. The highest BCUT2D eigenvalue weighted by Gasteiger charge is 2.33. The first kappa shape index (κ1) is 16.8. The van der Waals surface area contributed by atoms with Crippen LogP contribution in [0, 0.1) is 5.92 Å². The van der Waals surface area contributed by atoms with Gasteiger partial charge in [0, 0.05) is 24.2 Å². The Morgan fingerprint density at radius 1 is 1.00 bits per heavy atom. The number of benzene rings is 2. The maximum Gasteiger partial charge on any atom is 0.251 e. The van der Waals surface area contributed by atoms with Crippen molar-refractivity contribution < 1.29 is 9.59 Å². The molecule has 2 amide bonds. The number of hydrogen-bond acceptors (Lipinski definition) is 2. The van der Waals surface area contributed by atoms with E-state index in [1.807, 2.05) is 47.4 Å². The van der Waals surface area contributed by atoms with E-state index in [0.717, 1.165) is 37.9 Å². The molecule has 1 unspecified atom stereocenters.